The first-order chi connectivity index (χ1) is 8.93. The normalized spacial score (nSPS) is 12.1. The van der Waals surface area contributed by atoms with Crippen LogP contribution >= 0.6 is 15.9 Å². The van der Waals surface area contributed by atoms with Crippen LogP contribution in [-0.4, -0.2) is 39.5 Å². The number of nitrogens with zero attached hydrogens (tertiary/aromatic N) is 1. The average molecular weight is 351 g/mol. The summed E-state index contributed by atoms with van der Waals surface area (Å²) in [4.78, 5) is 0.240. The highest BCUT2D eigenvalue weighted by Gasteiger charge is 2.23. The Morgan fingerprint density at radius 3 is 2.63 bits per heavy atom. The fourth-order valence-corrected chi connectivity index (χ4v) is 3.74. The minimum atomic E-state index is -3.51. The maximum atomic E-state index is 12.4. The van der Waals surface area contributed by atoms with Crippen LogP contribution < -0.4 is 5.73 Å². The average Bonchev–Trinajstić information content (AvgIpc) is 2.38. The van der Waals surface area contributed by atoms with E-state index in [-0.39, 0.29) is 4.90 Å². The molecule has 19 heavy (non-hydrogen) atoms. The van der Waals surface area contributed by atoms with Crippen molar-refractivity contribution < 1.29 is 13.2 Å². The van der Waals surface area contributed by atoms with Gasteiger partial charge in [0.25, 0.3) is 0 Å². The highest BCUT2D eigenvalue weighted by molar-refractivity contribution is 9.10. The first-order valence-electron chi connectivity index (χ1n) is 5.96. The summed E-state index contributed by atoms with van der Waals surface area (Å²) in [5, 5.41) is 0. The van der Waals surface area contributed by atoms with Crippen LogP contribution in [0.3, 0.4) is 0 Å². The molecule has 0 atom stereocenters. The standard InChI is InChI=1S/C12H19BrN2O3S/c1-3-18-7-6-15(2)19(16,17)12-5-4-10(9-14)8-11(12)13/h4-5,8H,3,6-7,9,14H2,1-2H3. The first kappa shape index (κ1) is 16.6. The van der Waals surface area contributed by atoms with Crippen LogP contribution in [-0.2, 0) is 21.3 Å². The van der Waals surface area contributed by atoms with Crippen molar-refractivity contribution in [2.45, 2.75) is 18.4 Å². The Bertz CT molecular complexity index is 520. The summed E-state index contributed by atoms with van der Waals surface area (Å²) in [6.45, 7) is 3.52. The van der Waals surface area contributed by atoms with Gasteiger partial charge >= 0.3 is 0 Å². The largest absolute Gasteiger partial charge is 0.380 e. The fourth-order valence-electron chi connectivity index (χ4n) is 1.51. The van der Waals surface area contributed by atoms with Gasteiger partial charge in [-0.05, 0) is 40.5 Å². The number of halogens is 1. The number of ether oxygens (including phenoxy) is 1. The topological polar surface area (TPSA) is 72.6 Å². The molecular weight excluding hydrogens is 332 g/mol. The van der Waals surface area contributed by atoms with Crippen molar-refractivity contribution in [3.63, 3.8) is 0 Å². The zero-order valence-electron chi connectivity index (χ0n) is 11.1. The van der Waals surface area contributed by atoms with Crippen molar-refractivity contribution >= 4 is 26.0 Å². The molecule has 2 N–H and O–H groups in total. The highest BCUT2D eigenvalue weighted by Crippen LogP contribution is 2.25. The van der Waals surface area contributed by atoms with E-state index in [0.29, 0.717) is 30.8 Å². The Hall–Kier alpha value is -0.470. The molecule has 1 rings (SSSR count). The van der Waals surface area contributed by atoms with E-state index in [1.165, 1.54) is 11.4 Å². The second kappa shape index (κ2) is 7.35. The summed E-state index contributed by atoms with van der Waals surface area (Å²) in [6.07, 6.45) is 0. The van der Waals surface area contributed by atoms with E-state index in [0.717, 1.165) is 5.56 Å². The third-order valence-electron chi connectivity index (χ3n) is 2.67. The molecule has 5 nitrogen and oxygen atoms in total. The lowest BCUT2D eigenvalue weighted by Gasteiger charge is -2.18. The Kier molecular flexibility index (Phi) is 6.41. The van der Waals surface area contributed by atoms with Crippen molar-refractivity contribution in [2.24, 2.45) is 5.73 Å². The van der Waals surface area contributed by atoms with Gasteiger partial charge in [-0.1, -0.05) is 6.07 Å². The van der Waals surface area contributed by atoms with E-state index in [4.69, 9.17) is 10.5 Å². The molecule has 0 unspecified atom stereocenters. The van der Waals surface area contributed by atoms with Gasteiger partial charge in [0.15, 0.2) is 0 Å². The number of hydrogen-bond acceptors (Lipinski definition) is 4. The zero-order valence-corrected chi connectivity index (χ0v) is 13.5. The van der Waals surface area contributed by atoms with Crippen molar-refractivity contribution in [2.75, 3.05) is 26.8 Å². The van der Waals surface area contributed by atoms with Crippen LogP contribution in [0.1, 0.15) is 12.5 Å². The van der Waals surface area contributed by atoms with Crippen LogP contribution in [0.2, 0.25) is 0 Å². The quantitative estimate of drug-likeness (QED) is 0.757. The maximum Gasteiger partial charge on any atom is 0.244 e. The molecule has 1 aromatic carbocycles. The van der Waals surface area contributed by atoms with Gasteiger partial charge in [0, 0.05) is 31.2 Å². The lowest BCUT2D eigenvalue weighted by Crippen LogP contribution is -2.30. The number of likely N-dealkylation sites (N-methyl/N-ethyl adjacent to an activating group) is 1. The Balaban J connectivity index is 2.93. The Morgan fingerprint density at radius 1 is 1.42 bits per heavy atom. The highest BCUT2D eigenvalue weighted by atomic mass is 79.9. The number of benzene rings is 1. The molecule has 7 heteroatoms. The molecule has 0 heterocycles. The molecule has 0 spiro atoms. The second-order valence-electron chi connectivity index (χ2n) is 3.99. The molecule has 0 aromatic heterocycles. The lowest BCUT2D eigenvalue weighted by atomic mass is 10.2. The van der Waals surface area contributed by atoms with Gasteiger partial charge in [-0.3, -0.25) is 0 Å². The van der Waals surface area contributed by atoms with E-state index in [1.807, 2.05) is 6.92 Å². The SMILES string of the molecule is CCOCCN(C)S(=O)(=O)c1ccc(CN)cc1Br. The number of hydrogen-bond donors (Lipinski definition) is 1. The van der Waals surface area contributed by atoms with E-state index in [1.54, 1.807) is 18.2 Å². The van der Waals surface area contributed by atoms with Crippen molar-refractivity contribution in [3.8, 4) is 0 Å². The van der Waals surface area contributed by atoms with E-state index >= 15 is 0 Å². The molecule has 1 aromatic rings. The molecule has 0 fully saturated rings. The van der Waals surface area contributed by atoms with Crippen LogP contribution in [0.25, 0.3) is 0 Å². The molecule has 0 aliphatic heterocycles. The third-order valence-corrected chi connectivity index (χ3v) is 5.51. The predicted octanol–water partition coefficient (Wildman–Crippen LogP) is 1.56. The van der Waals surface area contributed by atoms with Gasteiger partial charge in [0.1, 0.15) is 0 Å². The van der Waals surface area contributed by atoms with Crippen LogP contribution in [0.4, 0.5) is 0 Å². The number of sulfonamides is 1. The third kappa shape index (κ3) is 4.25. The van der Waals surface area contributed by atoms with Gasteiger partial charge in [0.2, 0.25) is 10.0 Å². The van der Waals surface area contributed by atoms with Gasteiger partial charge in [-0.25, -0.2) is 8.42 Å². The van der Waals surface area contributed by atoms with Crippen LogP contribution in [0.5, 0.6) is 0 Å². The first-order valence-corrected chi connectivity index (χ1v) is 8.19. The van der Waals surface area contributed by atoms with E-state index in [9.17, 15) is 8.42 Å². The summed E-state index contributed by atoms with van der Waals surface area (Å²) < 4.78 is 31.7. The van der Waals surface area contributed by atoms with Gasteiger partial charge < -0.3 is 10.5 Å². The summed E-state index contributed by atoms with van der Waals surface area (Å²) >= 11 is 3.28. The minimum Gasteiger partial charge on any atom is -0.380 e. The summed E-state index contributed by atoms with van der Waals surface area (Å²) in [7, 11) is -1.97. The molecule has 0 amide bonds. The summed E-state index contributed by atoms with van der Waals surface area (Å²) in [5.41, 5.74) is 6.40. The molecule has 0 aliphatic rings. The van der Waals surface area contributed by atoms with Crippen molar-refractivity contribution in [3.05, 3.63) is 28.2 Å². The second-order valence-corrected chi connectivity index (χ2v) is 6.86. The minimum absolute atomic E-state index is 0.240. The molecule has 0 bridgehead atoms. The molecule has 0 radical (unpaired) electrons. The Morgan fingerprint density at radius 2 is 2.11 bits per heavy atom. The van der Waals surface area contributed by atoms with Crippen molar-refractivity contribution in [1.82, 2.24) is 4.31 Å². The maximum absolute atomic E-state index is 12.4. The monoisotopic (exact) mass is 350 g/mol. The van der Waals surface area contributed by atoms with Gasteiger partial charge in [-0.15, -0.1) is 0 Å². The molecule has 108 valence electrons. The van der Waals surface area contributed by atoms with Gasteiger partial charge in [-0.2, -0.15) is 4.31 Å². The van der Waals surface area contributed by atoms with Crippen LogP contribution in [0.15, 0.2) is 27.6 Å². The summed E-state index contributed by atoms with van der Waals surface area (Å²) in [6, 6.07) is 5.01. The fraction of sp³-hybridized carbons (Fsp3) is 0.500. The van der Waals surface area contributed by atoms with E-state index < -0.39 is 10.0 Å². The zero-order chi connectivity index (χ0) is 14.5. The summed E-state index contributed by atoms with van der Waals surface area (Å²) in [5.74, 6) is 0. The van der Waals surface area contributed by atoms with Crippen LogP contribution in [0, 0.1) is 0 Å². The number of nitrogens with two attached hydrogens (primary N) is 1. The lowest BCUT2D eigenvalue weighted by molar-refractivity contribution is 0.138. The van der Waals surface area contributed by atoms with E-state index in [2.05, 4.69) is 15.9 Å². The smallest absolute Gasteiger partial charge is 0.244 e. The molecule has 0 saturated heterocycles. The predicted molar refractivity (Wildman–Crippen MR) is 78.3 cm³/mol. The van der Waals surface area contributed by atoms with Crippen molar-refractivity contribution in [1.29, 1.82) is 0 Å². The molecule has 0 saturated carbocycles. The molecular formula is C12H19BrN2O3S. The van der Waals surface area contributed by atoms with Gasteiger partial charge in [0.05, 0.1) is 11.5 Å². The molecule has 0 aliphatic carbocycles. The Labute approximate surface area is 122 Å². The number of rotatable bonds is 7.